The molecule has 0 aliphatic carbocycles. The number of hydrogen-bond donors (Lipinski definition) is 1. The summed E-state index contributed by atoms with van der Waals surface area (Å²) in [5.74, 6) is 0. The van der Waals surface area contributed by atoms with Crippen LogP contribution in [0.15, 0.2) is 0 Å². The van der Waals surface area contributed by atoms with E-state index in [9.17, 15) is 0 Å². The summed E-state index contributed by atoms with van der Waals surface area (Å²) in [6.07, 6.45) is 0. The normalized spacial score (nSPS) is 1.40. The van der Waals surface area contributed by atoms with E-state index in [2.05, 4.69) is 0 Å². The Hall–Kier alpha value is 1.75. The molecule has 0 radical (unpaired) electrons. The molecule has 0 amide bonds. The maximum absolute atomic E-state index is 7.13. The van der Waals surface area contributed by atoms with E-state index in [1.165, 1.54) is 0 Å². The van der Waals surface area contributed by atoms with Gasteiger partial charge in [0.15, 0.2) is 0 Å². The average Bonchev–Trinajstić information content (AvgIpc) is 1.00. The Morgan fingerprint density at radius 2 is 1.00 bits per heavy atom. The Labute approximate surface area is 67.2 Å². The van der Waals surface area contributed by atoms with Crippen molar-refractivity contribution in [2.75, 3.05) is 0 Å². The molecule has 5 heteroatoms. The van der Waals surface area contributed by atoms with E-state index in [0.717, 1.165) is 0 Å². The summed E-state index contributed by atoms with van der Waals surface area (Å²) < 4.78 is 7.13. The topological polar surface area (TPSA) is 77.2 Å². The summed E-state index contributed by atoms with van der Waals surface area (Å²) in [7, 11) is 0. The van der Waals surface area contributed by atoms with Crippen LogP contribution < -0.4 is 0 Å². The molecule has 0 fully saturated rings. The Balaban J connectivity index is -0.00000000167. The van der Waals surface area contributed by atoms with Crippen LogP contribution in [0.1, 0.15) is 0 Å². The second-order valence-electron chi connectivity index (χ2n) is 0. The fraction of sp³-hybridized carbons (Fsp3) is 0. The van der Waals surface area contributed by atoms with Crippen molar-refractivity contribution in [2.45, 2.75) is 0 Å². The molecule has 3 nitrogen and oxygen atoms in total. The zero-order valence-electron chi connectivity index (χ0n) is 2.55. The zero-order valence-corrected chi connectivity index (χ0v) is 6.80. The van der Waals surface area contributed by atoms with E-state index in [4.69, 9.17) is 2.42 Å². The molecular formula is HMgO3Y. The van der Waals surface area contributed by atoms with E-state index < -0.39 is 0 Å². The van der Waals surface area contributed by atoms with Gasteiger partial charge < -0.3 is 11.0 Å². The van der Waals surface area contributed by atoms with E-state index in [-0.39, 0.29) is 34.0 Å². The molecule has 0 spiro atoms. The second-order valence-corrected chi connectivity index (χ2v) is 0. The van der Waals surface area contributed by atoms with Gasteiger partial charge in [-0.3, -0.25) is 0 Å². The summed E-state index contributed by atoms with van der Waals surface area (Å²) in [4.78, 5) is 0. The molecule has 0 atom stereocenters. The van der Waals surface area contributed by atoms with Crippen LogP contribution in [0, 0.1) is 0 Å². The third kappa shape index (κ3) is 26.4. The molecule has 0 aliphatic rings. The summed E-state index contributed by atoms with van der Waals surface area (Å²) in [6.45, 7) is 0. The molecule has 1 N–H and O–H groups in total. The molecule has 0 aliphatic heterocycles. The number of rotatable bonds is 0. The summed E-state index contributed by atoms with van der Waals surface area (Å²) >= 11 is 0.350. The van der Waals surface area contributed by atoms with Crippen molar-refractivity contribution in [3.8, 4) is 0 Å². The van der Waals surface area contributed by atoms with Crippen LogP contribution >= 0.6 is 0 Å². The van der Waals surface area contributed by atoms with E-state index >= 15 is 0 Å². The van der Waals surface area contributed by atoms with Crippen molar-refractivity contribution in [3.63, 3.8) is 0 Å². The van der Waals surface area contributed by atoms with Gasteiger partial charge in [-0.1, -0.05) is 0 Å². The van der Waals surface area contributed by atoms with Gasteiger partial charge in [-0.15, -0.1) is 0 Å². The minimum atomic E-state index is 0. The molecule has 0 unspecified atom stereocenters. The first-order valence-electron chi connectivity index (χ1n) is 0.258. The van der Waals surface area contributed by atoms with Gasteiger partial charge in [0.25, 0.3) is 0 Å². The van der Waals surface area contributed by atoms with Gasteiger partial charge in [0.2, 0.25) is 0 Å². The van der Waals surface area contributed by atoms with Gasteiger partial charge in [0, 0.05) is 0 Å². The minimum absolute atomic E-state index is 0. The van der Waals surface area contributed by atoms with Crippen molar-refractivity contribution >= 4 is 23.1 Å². The molecule has 0 rings (SSSR count). The van der Waals surface area contributed by atoms with Crippen molar-refractivity contribution in [2.24, 2.45) is 0 Å². The van der Waals surface area contributed by atoms with E-state index in [1.807, 2.05) is 0 Å². The first-order valence-corrected chi connectivity index (χ1v) is 1.53. The summed E-state index contributed by atoms with van der Waals surface area (Å²) in [5, 5.41) is 0. The van der Waals surface area contributed by atoms with Crippen LogP contribution in [-0.2, 0) is 42.4 Å². The molecule has 0 aromatic carbocycles. The Bertz CT molecular complexity index is 6.85. The van der Waals surface area contributed by atoms with Crippen LogP contribution in [0.25, 0.3) is 0 Å². The first-order chi connectivity index (χ1) is 1.00. The molecule has 0 aromatic heterocycles. The predicted octanol–water partition coefficient (Wildman–Crippen LogP) is -1.18. The van der Waals surface area contributed by atoms with Gasteiger partial charge in [0.05, 0.1) is 0 Å². The Kier molecular flexibility index (Phi) is 250. The van der Waals surface area contributed by atoms with Gasteiger partial charge in [-0.25, -0.2) is 0 Å². The fourth-order valence-corrected chi connectivity index (χ4v) is 0. The van der Waals surface area contributed by atoms with E-state index in [1.54, 1.807) is 0 Å². The van der Waals surface area contributed by atoms with Crippen LogP contribution in [0.5, 0.6) is 0 Å². The number of hydrogen-bond acceptors (Lipinski definition) is 1. The average molecular weight is 162 g/mol. The van der Waals surface area contributed by atoms with Crippen molar-refractivity contribution in [1.29, 1.82) is 0 Å². The maximum atomic E-state index is 7.13. The molecule has 0 aromatic rings. The summed E-state index contributed by atoms with van der Waals surface area (Å²) in [5.41, 5.74) is 0. The first kappa shape index (κ1) is 29.5. The molecule has 0 bridgehead atoms. The van der Waals surface area contributed by atoms with E-state index in [0.29, 0.717) is 31.5 Å². The van der Waals surface area contributed by atoms with Crippen LogP contribution in [0.3, 0.4) is 0 Å². The van der Waals surface area contributed by atoms with Gasteiger partial charge in [0.1, 0.15) is 0 Å². The van der Waals surface area contributed by atoms with Crippen LogP contribution in [0.4, 0.5) is 0 Å². The molecular weight excluding hydrogens is 161 g/mol. The third-order valence-electron chi connectivity index (χ3n) is 0. The van der Waals surface area contributed by atoms with Crippen LogP contribution in [0.2, 0.25) is 0 Å². The fourth-order valence-electron chi connectivity index (χ4n) is 0. The van der Waals surface area contributed by atoms with Gasteiger partial charge in [-0.05, 0) is 0 Å². The SMILES string of the molecule is [Mg+2].[O-2].[O-2].[OH][Y+2]. The molecule has 0 saturated heterocycles. The van der Waals surface area contributed by atoms with Crippen LogP contribution in [-0.4, -0.2) is 25.5 Å². The zero-order chi connectivity index (χ0) is 2.00. The van der Waals surface area contributed by atoms with Crippen molar-refractivity contribution < 1.29 is 44.8 Å². The van der Waals surface area contributed by atoms with Gasteiger partial charge in [-0.2, -0.15) is 0 Å². The monoisotopic (exact) mass is 162 g/mol. The van der Waals surface area contributed by atoms with Crippen molar-refractivity contribution in [3.05, 3.63) is 0 Å². The quantitative estimate of drug-likeness (QED) is 0.447. The second kappa shape index (κ2) is 42.4. The molecule has 24 valence electrons. The standard InChI is InChI=1S/Mg.H2O.2O.Y/h;1H2;;;/q+2;;2*-2;+3/p-1. The predicted molar refractivity (Wildman–Crippen MR) is 9.35 cm³/mol. The van der Waals surface area contributed by atoms with Crippen molar-refractivity contribution in [1.82, 2.24) is 0 Å². The third-order valence-corrected chi connectivity index (χ3v) is 0. The molecule has 0 heterocycles. The Morgan fingerprint density at radius 1 is 1.00 bits per heavy atom. The summed E-state index contributed by atoms with van der Waals surface area (Å²) in [6, 6.07) is 0. The van der Waals surface area contributed by atoms with Gasteiger partial charge >= 0.3 is 56.9 Å². The Morgan fingerprint density at radius 3 is 1.00 bits per heavy atom. The molecule has 0 saturated carbocycles. The molecule has 5 heavy (non-hydrogen) atoms.